The van der Waals surface area contributed by atoms with Crippen molar-refractivity contribution in [1.82, 2.24) is 0 Å². The van der Waals surface area contributed by atoms with Gasteiger partial charge in [-0.2, -0.15) is 0 Å². The van der Waals surface area contributed by atoms with Gasteiger partial charge in [0, 0.05) is 11.1 Å². The van der Waals surface area contributed by atoms with Crippen LogP contribution in [0, 0.1) is 0 Å². The normalized spacial score (nSPS) is 12.9. The predicted molar refractivity (Wildman–Crippen MR) is 63.3 cm³/mol. The molecule has 78 valence electrons. The van der Waals surface area contributed by atoms with Crippen molar-refractivity contribution in [1.29, 1.82) is 0 Å². The van der Waals surface area contributed by atoms with Crippen molar-refractivity contribution < 1.29 is 0 Å². The second kappa shape index (κ2) is 5.22. The van der Waals surface area contributed by atoms with Crippen LogP contribution in [-0.4, -0.2) is 0 Å². The molecular formula is C10H12Cl3N. The van der Waals surface area contributed by atoms with Gasteiger partial charge < -0.3 is 5.73 Å². The van der Waals surface area contributed by atoms with E-state index in [1.54, 1.807) is 12.1 Å². The van der Waals surface area contributed by atoms with Gasteiger partial charge in [-0.25, -0.2) is 0 Å². The quantitative estimate of drug-likeness (QED) is 0.791. The highest BCUT2D eigenvalue weighted by Crippen LogP contribution is 2.33. The largest absolute Gasteiger partial charge is 0.324 e. The summed E-state index contributed by atoms with van der Waals surface area (Å²) in [5.41, 5.74) is 6.77. The summed E-state index contributed by atoms with van der Waals surface area (Å²) in [4.78, 5) is 0. The SMILES string of the molecule is CCCC(N)c1cc(Cl)cc(Cl)c1Cl. The van der Waals surface area contributed by atoms with Crippen LogP contribution in [0.15, 0.2) is 12.1 Å². The zero-order chi connectivity index (χ0) is 10.7. The summed E-state index contributed by atoms with van der Waals surface area (Å²) < 4.78 is 0. The van der Waals surface area contributed by atoms with Gasteiger partial charge in [0.15, 0.2) is 0 Å². The highest BCUT2D eigenvalue weighted by molar-refractivity contribution is 6.43. The van der Waals surface area contributed by atoms with Gasteiger partial charge in [0.1, 0.15) is 0 Å². The Labute approximate surface area is 99.1 Å². The lowest BCUT2D eigenvalue weighted by molar-refractivity contribution is 0.639. The van der Waals surface area contributed by atoms with Crippen LogP contribution in [0.25, 0.3) is 0 Å². The summed E-state index contributed by atoms with van der Waals surface area (Å²) in [7, 11) is 0. The molecule has 0 saturated carbocycles. The number of nitrogens with two attached hydrogens (primary N) is 1. The third-order valence-corrected chi connectivity index (χ3v) is 3.06. The Balaban J connectivity index is 3.07. The number of rotatable bonds is 3. The Morgan fingerprint density at radius 2 is 1.93 bits per heavy atom. The molecule has 0 amide bonds. The first-order chi connectivity index (χ1) is 6.56. The lowest BCUT2D eigenvalue weighted by Crippen LogP contribution is -2.10. The molecular weight excluding hydrogens is 240 g/mol. The lowest BCUT2D eigenvalue weighted by atomic mass is 10.0. The molecule has 0 aliphatic rings. The van der Waals surface area contributed by atoms with Crippen molar-refractivity contribution in [3.05, 3.63) is 32.8 Å². The number of benzene rings is 1. The monoisotopic (exact) mass is 251 g/mol. The van der Waals surface area contributed by atoms with Crippen molar-refractivity contribution in [2.75, 3.05) is 0 Å². The van der Waals surface area contributed by atoms with Crippen LogP contribution in [-0.2, 0) is 0 Å². The van der Waals surface area contributed by atoms with Crippen molar-refractivity contribution >= 4 is 34.8 Å². The predicted octanol–water partition coefficient (Wildman–Crippen LogP) is 4.45. The van der Waals surface area contributed by atoms with E-state index >= 15 is 0 Å². The molecule has 1 aromatic rings. The molecule has 1 unspecified atom stereocenters. The van der Waals surface area contributed by atoms with Crippen molar-refractivity contribution in [3.63, 3.8) is 0 Å². The van der Waals surface area contributed by atoms with E-state index in [-0.39, 0.29) is 6.04 Å². The van der Waals surface area contributed by atoms with Crippen LogP contribution in [0.3, 0.4) is 0 Å². The Kier molecular flexibility index (Phi) is 4.52. The second-order valence-electron chi connectivity index (χ2n) is 3.19. The van der Waals surface area contributed by atoms with Gasteiger partial charge >= 0.3 is 0 Å². The first kappa shape index (κ1) is 12.1. The molecule has 1 rings (SSSR count). The van der Waals surface area contributed by atoms with Gasteiger partial charge in [-0.15, -0.1) is 0 Å². The molecule has 0 radical (unpaired) electrons. The van der Waals surface area contributed by atoms with Crippen LogP contribution < -0.4 is 5.73 Å². The van der Waals surface area contributed by atoms with Crippen LogP contribution in [0.4, 0.5) is 0 Å². The van der Waals surface area contributed by atoms with Crippen LogP contribution in [0.5, 0.6) is 0 Å². The Morgan fingerprint density at radius 3 is 2.50 bits per heavy atom. The summed E-state index contributed by atoms with van der Waals surface area (Å²) in [5.74, 6) is 0. The summed E-state index contributed by atoms with van der Waals surface area (Å²) >= 11 is 17.8. The molecule has 1 nitrogen and oxygen atoms in total. The zero-order valence-electron chi connectivity index (χ0n) is 7.86. The summed E-state index contributed by atoms with van der Waals surface area (Å²) in [6.07, 6.45) is 1.87. The van der Waals surface area contributed by atoms with Crippen LogP contribution in [0.1, 0.15) is 31.4 Å². The minimum Gasteiger partial charge on any atom is -0.324 e. The van der Waals surface area contributed by atoms with E-state index in [0.717, 1.165) is 18.4 Å². The maximum atomic E-state index is 6.03. The minimum atomic E-state index is -0.0938. The topological polar surface area (TPSA) is 26.0 Å². The number of halogens is 3. The molecule has 0 fully saturated rings. The highest BCUT2D eigenvalue weighted by atomic mass is 35.5. The first-order valence-electron chi connectivity index (χ1n) is 4.46. The third kappa shape index (κ3) is 2.77. The van der Waals surface area contributed by atoms with E-state index in [0.29, 0.717) is 15.1 Å². The Hall–Kier alpha value is 0.0500. The van der Waals surface area contributed by atoms with E-state index in [2.05, 4.69) is 6.92 Å². The van der Waals surface area contributed by atoms with E-state index < -0.39 is 0 Å². The van der Waals surface area contributed by atoms with Crippen LogP contribution >= 0.6 is 34.8 Å². The molecule has 0 aromatic heterocycles. The van der Waals surface area contributed by atoms with E-state index in [4.69, 9.17) is 40.5 Å². The fourth-order valence-corrected chi connectivity index (χ4v) is 2.07. The van der Waals surface area contributed by atoms with Crippen LogP contribution in [0.2, 0.25) is 15.1 Å². The maximum absolute atomic E-state index is 6.03. The molecule has 0 bridgehead atoms. The van der Waals surface area contributed by atoms with Gasteiger partial charge in [0.05, 0.1) is 10.0 Å². The van der Waals surface area contributed by atoms with Gasteiger partial charge in [-0.3, -0.25) is 0 Å². The molecule has 0 aliphatic heterocycles. The van der Waals surface area contributed by atoms with Gasteiger partial charge in [-0.1, -0.05) is 48.1 Å². The highest BCUT2D eigenvalue weighted by Gasteiger charge is 2.12. The number of hydrogen-bond acceptors (Lipinski definition) is 1. The molecule has 0 heterocycles. The standard InChI is InChI=1S/C10H12Cl3N/c1-2-3-9(14)7-4-6(11)5-8(12)10(7)13/h4-5,9H,2-3,14H2,1H3. The molecule has 1 atom stereocenters. The Bertz CT molecular complexity index is 325. The average molecular weight is 253 g/mol. The molecule has 4 heteroatoms. The lowest BCUT2D eigenvalue weighted by Gasteiger charge is -2.13. The molecule has 0 spiro atoms. The average Bonchev–Trinajstić information content (AvgIpc) is 2.11. The molecule has 0 saturated heterocycles. The summed E-state index contributed by atoms with van der Waals surface area (Å²) in [6.45, 7) is 2.07. The van der Waals surface area contributed by atoms with Crippen molar-refractivity contribution in [2.24, 2.45) is 5.73 Å². The molecule has 14 heavy (non-hydrogen) atoms. The first-order valence-corrected chi connectivity index (χ1v) is 5.59. The third-order valence-electron chi connectivity index (χ3n) is 2.02. The molecule has 0 aliphatic carbocycles. The smallest absolute Gasteiger partial charge is 0.0641 e. The minimum absolute atomic E-state index is 0.0938. The van der Waals surface area contributed by atoms with Gasteiger partial charge in [-0.05, 0) is 24.1 Å². The van der Waals surface area contributed by atoms with E-state index in [1.807, 2.05) is 0 Å². The molecule has 1 aromatic carbocycles. The van der Waals surface area contributed by atoms with Gasteiger partial charge in [0.2, 0.25) is 0 Å². The van der Waals surface area contributed by atoms with Crippen molar-refractivity contribution in [3.8, 4) is 0 Å². The maximum Gasteiger partial charge on any atom is 0.0641 e. The molecule has 2 N–H and O–H groups in total. The fourth-order valence-electron chi connectivity index (χ4n) is 1.31. The summed E-state index contributed by atoms with van der Waals surface area (Å²) in [5, 5.41) is 1.54. The number of hydrogen-bond donors (Lipinski definition) is 1. The van der Waals surface area contributed by atoms with E-state index in [1.165, 1.54) is 0 Å². The summed E-state index contributed by atoms with van der Waals surface area (Å²) in [6, 6.07) is 3.30. The van der Waals surface area contributed by atoms with Crippen molar-refractivity contribution in [2.45, 2.75) is 25.8 Å². The Morgan fingerprint density at radius 1 is 1.29 bits per heavy atom. The fraction of sp³-hybridized carbons (Fsp3) is 0.400. The second-order valence-corrected chi connectivity index (χ2v) is 4.41. The van der Waals surface area contributed by atoms with Gasteiger partial charge in [0.25, 0.3) is 0 Å². The van der Waals surface area contributed by atoms with E-state index in [9.17, 15) is 0 Å². The zero-order valence-corrected chi connectivity index (χ0v) is 10.1.